The summed E-state index contributed by atoms with van der Waals surface area (Å²) < 4.78 is 0. The van der Waals surface area contributed by atoms with Gasteiger partial charge in [0.05, 0.1) is 0 Å². The number of rotatable bonds is 7. The van der Waals surface area contributed by atoms with Crippen molar-refractivity contribution in [2.24, 2.45) is 5.73 Å². The highest BCUT2D eigenvalue weighted by Gasteiger charge is 2.23. The molecule has 1 saturated heterocycles. The Bertz CT molecular complexity index is 415. The van der Waals surface area contributed by atoms with E-state index in [0.29, 0.717) is 12.5 Å². The van der Waals surface area contributed by atoms with E-state index in [0.717, 1.165) is 12.6 Å². The molecular formula is C18H31N3. The third kappa shape index (κ3) is 4.53. The molecule has 2 unspecified atom stereocenters. The maximum atomic E-state index is 5.73. The molecule has 0 spiro atoms. The smallest absolute Gasteiger partial charge is 0.0231 e. The summed E-state index contributed by atoms with van der Waals surface area (Å²) in [6.07, 6.45) is 2.71. The van der Waals surface area contributed by atoms with E-state index >= 15 is 0 Å². The van der Waals surface area contributed by atoms with E-state index in [1.165, 1.54) is 43.6 Å². The van der Waals surface area contributed by atoms with Crippen LogP contribution in [0.25, 0.3) is 0 Å². The maximum absolute atomic E-state index is 5.73. The van der Waals surface area contributed by atoms with Gasteiger partial charge in [-0.2, -0.15) is 0 Å². The predicted octanol–water partition coefficient (Wildman–Crippen LogP) is 2.66. The number of hydrogen-bond acceptors (Lipinski definition) is 3. The third-order valence-corrected chi connectivity index (χ3v) is 4.78. The van der Waals surface area contributed by atoms with Crippen LogP contribution in [0.5, 0.6) is 0 Å². The maximum Gasteiger partial charge on any atom is 0.0231 e. The minimum atomic E-state index is 0.452. The second-order valence-corrected chi connectivity index (χ2v) is 6.50. The zero-order chi connectivity index (χ0) is 15.2. The molecule has 0 aliphatic carbocycles. The van der Waals surface area contributed by atoms with Gasteiger partial charge in [0.25, 0.3) is 0 Å². The Kier molecular flexibility index (Phi) is 6.22. The lowest BCUT2D eigenvalue weighted by molar-refractivity contribution is 0.195. The lowest BCUT2D eigenvalue weighted by Gasteiger charge is -2.27. The molecule has 0 saturated carbocycles. The lowest BCUT2D eigenvalue weighted by Crippen LogP contribution is -2.38. The highest BCUT2D eigenvalue weighted by atomic mass is 15.2. The van der Waals surface area contributed by atoms with Crippen LogP contribution in [0.15, 0.2) is 24.3 Å². The molecule has 2 N–H and O–H groups in total. The van der Waals surface area contributed by atoms with Gasteiger partial charge in [0.15, 0.2) is 0 Å². The second kappa shape index (κ2) is 7.92. The van der Waals surface area contributed by atoms with Crippen LogP contribution in [-0.4, -0.2) is 49.1 Å². The molecule has 0 amide bonds. The average Bonchev–Trinajstić information content (AvgIpc) is 2.94. The van der Waals surface area contributed by atoms with Crippen LogP contribution in [0.3, 0.4) is 0 Å². The Morgan fingerprint density at radius 2 is 2.05 bits per heavy atom. The second-order valence-electron chi connectivity index (χ2n) is 6.50. The van der Waals surface area contributed by atoms with E-state index in [2.05, 4.69) is 55.0 Å². The quantitative estimate of drug-likeness (QED) is 0.837. The van der Waals surface area contributed by atoms with Gasteiger partial charge >= 0.3 is 0 Å². The molecule has 1 heterocycles. The fourth-order valence-electron chi connectivity index (χ4n) is 3.34. The highest BCUT2D eigenvalue weighted by molar-refractivity contribution is 5.25. The van der Waals surface area contributed by atoms with Crippen molar-refractivity contribution >= 4 is 0 Å². The first kappa shape index (κ1) is 16.5. The molecule has 3 nitrogen and oxygen atoms in total. The van der Waals surface area contributed by atoms with Crippen LogP contribution >= 0.6 is 0 Å². The summed E-state index contributed by atoms with van der Waals surface area (Å²) in [5, 5.41) is 0. The van der Waals surface area contributed by atoms with Crippen LogP contribution < -0.4 is 5.73 Å². The monoisotopic (exact) mass is 289 g/mol. The summed E-state index contributed by atoms with van der Waals surface area (Å²) in [6, 6.07) is 9.72. The Morgan fingerprint density at radius 1 is 1.33 bits per heavy atom. The van der Waals surface area contributed by atoms with E-state index in [4.69, 9.17) is 5.73 Å². The summed E-state index contributed by atoms with van der Waals surface area (Å²) in [5.41, 5.74) is 8.47. The van der Waals surface area contributed by atoms with Crippen molar-refractivity contribution in [1.82, 2.24) is 9.80 Å². The van der Waals surface area contributed by atoms with E-state index in [1.807, 2.05) is 0 Å². The van der Waals surface area contributed by atoms with Crippen molar-refractivity contribution in [2.45, 2.75) is 45.2 Å². The first-order valence-corrected chi connectivity index (χ1v) is 8.35. The minimum absolute atomic E-state index is 0.452. The number of nitrogens with two attached hydrogens (primary N) is 1. The Hall–Kier alpha value is -0.900. The zero-order valence-electron chi connectivity index (χ0n) is 13.9. The van der Waals surface area contributed by atoms with Crippen molar-refractivity contribution < 1.29 is 0 Å². The van der Waals surface area contributed by atoms with Crippen molar-refractivity contribution in [3.8, 4) is 0 Å². The van der Waals surface area contributed by atoms with Gasteiger partial charge in [-0.3, -0.25) is 4.90 Å². The fourth-order valence-corrected chi connectivity index (χ4v) is 3.34. The van der Waals surface area contributed by atoms with Gasteiger partial charge in [-0.05, 0) is 56.6 Å². The number of benzene rings is 1. The zero-order valence-corrected chi connectivity index (χ0v) is 13.9. The first-order chi connectivity index (χ1) is 10.1. The molecule has 1 aliphatic heterocycles. The normalized spacial score (nSPS) is 21.1. The fraction of sp³-hybridized carbons (Fsp3) is 0.667. The summed E-state index contributed by atoms with van der Waals surface area (Å²) in [5.74, 6) is 0.452. The Labute approximate surface area is 130 Å². The van der Waals surface area contributed by atoms with Gasteiger partial charge in [-0.15, -0.1) is 0 Å². The van der Waals surface area contributed by atoms with Crippen molar-refractivity contribution in [3.05, 3.63) is 35.4 Å². The molecule has 3 heteroatoms. The summed E-state index contributed by atoms with van der Waals surface area (Å²) in [6.45, 7) is 9.84. The molecule has 1 fully saturated rings. The van der Waals surface area contributed by atoms with Crippen molar-refractivity contribution in [2.75, 3.05) is 33.2 Å². The van der Waals surface area contributed by atoms with Crippen LogP contribution in [0.4, 0.5) is 0 Å². The molecular weight excluding hydrogens is 258 g/mol. The molecule has 1 aromatic rings. The SMILES string of the molecule is CCN1CCCC1CN(C)Cc1ccc(C(C)CN)cc1. The van der Waals surface area contributed by atoms with E-state index in [1.54, 1.807) is 0 Å². The lowest BCUT2D eigenvalue weighted by atomic mass is 10.00. The van der Waals surface area contributed by atoms with E-state index in [-0.39, 0.29) is 0 Å². The highest BCUT2D eigenvalue weighted by Crippen LogP contribution is 2.19. The average molecular weight is 289 g/mol. The summed E-state index contributed by atoms with van der Waals surface area (Å²) in [7, 11) is 2.24. The van der Waals surface area contributed by atoms with E-state index < -0.39 is 0 Å². The van der Waals surface area contributed by atoms with E-state index in [9.17, 15) is 0 Å². The number of likely N-dealkylation sites (tertiary alicyclic amines) is 1. The van der Waals surface area contributed by atoms with Gasteiger partial charge in [-0.25, -0.2) is 0 Å². The van der Waals surface area contributed by atoms with Crippen LogP contribution in [0.1, 0.15) is 43.7 Å². The Morgan fingerprint density at radius 3 is 2.67 bits per heavy atom. The minimum Gasteiger partial charge on any atom is -0.330 e. The molecule has 2 rings (SSSR count). The number of hydrogen-bond donors (Lipinski definition) is 1. The molecule has 0 aromatic heterocycles. The third-order valence-electron chi connectivity index (χ3n) is 4.78. The van der Waals surface area contributed by atoms with Crippen molar-refractivity contribution in [1.29, 1.82) is 0 Å². The molecule has 1 aromatic carbocycles. The van der Waals surface area contributed by atoms with Gasteiger partial charge < -0.3 is 10.6 Å². The molecule has 118 valence electrons. The van der Waals surface area contributed by atoms with Gasteiger partial charge in [-0.1, -0.05) is 38.1 Å². The largest absolute Gasteiger partial charge is 0.330 e. The molecule has 0 radical (unpaired) electrons. The molecule has 0 bridgehead atoms. The topological polar surface area (TPSA) is 32.5 Å². The summed E-state index contributed by atoms with van der Waals surface area (Å²) >= 11 is 0. The van der Waals surface area contributed by atoms with Gasteiger partial charge in [0, 0.05) is 19.1 Å². The van der Waals surface area contributed by atoms with Crippen LogP contribution in [-0.2, 0) is 6.54 Å². The number of nitrogens with zero attached hydrogens (tertiary/aromatic N) is 2. The predicted molar refractivity (Wildman–Crippen MR) is 90.5 cm³/mol. The molecule has 2 atom stereocenters. The van der Waals surface area contributed by atoms with Gasteiger partial charge in [0.1, 0.15) is 0 Å². The van der Waals surface area contributed by atoms with Crippen LogP contribution in [0.2, 0.25) is 0 Å². The first-order valence-electron chi connectivity index (χ1n) is 8.35. The molecule has 1 aliphatic rings. The number of likely N-dealkylation sites (N-methyl/N-ethyl adjacent to an activating group) is 2. The van der Waals surface area contributed by atoms with Crippen LogP contribution in [0, 0.1) is 0 Å². The standard InChI is InChI=1S/C18H31N3/c1-4-21-11-5-6-18(21)14-20(3)13-16-7-9-17(10-8-16)15(2)12-19/h7-10,15,18H,4-6,11-14,19H2,1-3H3. The van der Waals surface area contributed by atoms with Gasteiger partial charge in [0.2, 0.25) is 0 Å². The molecule has 21 heavy (non-hydrogen) atoms. The summed E-state index contributed by atoms with van der Waals surface area (Å²) in [4.78, 5) is 5.07. The Balaban J connectivity index is 1.86. The van der Waals surface area contributed by atoms with Crippen molar-refractivity contribution in [3.63, 3.8) is 0 Å².